The maximum Gasteiger partial charge on any atom is 0.411 e. The minimum absolute atomic E-state index is 0.0332. The summed E-state index contributed by atoms with van der Waals surface area (Å²) in [5, 5.41) is 4.18. The monoisotopic (exact) mass is 438 g/mol. The highest BCUT2D eigenvalue weighted by molar-refractivity contribution is 7.89. The van der Waals surface area contributed by atoms with Crippen LogP contribution in [0.5, 0.6) is 0 Å². The van der Waals surface area contributed by atoms with Gasteiger partial charge in [0.05, 0.1) is 7.11 Å². The highest BCUT2D eigenvalue weighted by atomic mass is 32.2. The van der Waals surface area contributed by atoms with Crippen molar-refractivity contribution in [2.75, 3.05) is 12.4 Å². The van der Waals surface area contributed by atoms with Crippen molar-refractivity contribution in [2.24, 2.45) is 0 Å². The summed E-state index contributed by atoms with van der Waals surface area (Å²) in [5.41, 5.74) is 0.623. The topological polar surface area (TPSA) is 111 Å². The quantitative estimate of drug-likeness (QED) is 0.669. The van der Waals surface area contributed by atoms with Crippen LogP contribution >= 0.6 is 11.3 Å². The molecule has 0 unspecified atom stereocenters. The molecule has 156 valence electrons. The maximum absolute atomic E-state index is 12.7. The van der Waals surface area contributed by atoms with E-state index >= 15 is 0 Å². The van der Waals surface area contributed by atoms with Gasteiger partial charge in [0.25, 0.3) is 0 Å². The summed E-state index contributed by atoms with van der Waals surface area (Å²) in [6.07, 6.45) is 1.38. The number of carbonyl (C=O) groups excluding carboxylic acids is 2. The van der Waals surface area contributed by atoms with Gasteiger partial charge in [-0.25, -0.2) is 22.7 Å². The second-order valence-corrected chi connectivity index (χ2v) is 9.21. The van der Waals surface area contributed by atoms with Gasteiger partial charge >= 0.3 is 12.1 Å². The molecule has 1 aliphatic carbocycles. The lowest BCUT2D eigenvalue weighted by molar-refractivity contribution is 0.0601. The lowest BCUT2D eigenvalue weighted by Crippen LogP contribution is -2.41. The van der Waals surface area contributed by atoms with Crippen LogP contribution in [0.2, 0.25) is 0 Å². The normalized spacial score (nSPS) is 19.3. The van der Waals surface area contributed by atoms with Crippen LogP contribution in [0.25, 0.3) is 0 Å². The molecule has 0 bridgehead atoms. The third-order valence-corrected chi connectivity index (χ3v) is 7.12. The largest absolute Gasteiger partial charge is 0.465 e. The first kappa shape index (κ1) is 21.3. The molecular weight excluding hydrogens is 416 g/mol. The highest BCUT2D eigenvalue weighted by Gasteiger charge is 2.31. The van der Waals surface area contributed by atoms with Crippen molar-refractivity contribution in [1.29, 1.82) is 0 Å². The van der Waals surface area contributed by atoms with E-state index in [0.717, 1.165) is 11.3 Å². The van der Waals surface area contributed by atoms with E-state index in [1.54, 1.807) is 24.3 Å². The summed E-state index contributed by atoms with van der Waals surface area (Å²) in [7, 11) is -2.70. The van der Waals surface area contributed by atoms with Crippen LogP contribution in [0.15, 0.2) is 46.7 Å². The van der Waals surface area contributed by atoms with Crippen LogP contribution in [0.1, 0.15) is 35.4 Å². The van der Waals surface area contributed by atoms with Crippen LogP contribution < -0.4 is 10.0 Å². The Morgan fingerprint density at radius 1 is 1.14 bits per heavy atom. The summed E-state index contributed by atoms with van der Waals surface area (Å²) in [5.74, 6) is -0.692. The van der Waals surface area contributed by atoms with Gasteiger partial charge in [-0.15, -0.1) is 11.3 Å². The van der Waals surface area contributed by atoms with E-state index in [1.807, 2.05) is 6.07 Å². The smallest absolute Gasteiger partial charge is 0.411 e. The fraction of sp³-hybridized carbons (Fsp3) is 0.368. The third-order valence-electron chi connectivity index (χ3n) is 4.53. The molecular formula is C19H22N2O6S2. The number of benzene rings is 1. The molecule has 10 heteroatoms. The number of hydrogen-bond donors (Lipinski definition) is 2. The van der Waals surface area contributed by atoms with E-state index in [0.29, 0.717) is 31.4 Å². The van der Waals surface area contributed by atoms with Crippen molar-refractivity contribution in [3.63, 3.8) is 0 Å². The first-order chi connectivity index (χ1) is 13.9. The van der Waals surface area contributed by atoms with Crippen molar-refractivity contribution < 1.29 is 27.5 Å². The number of rotatable bonds is 6. The fourth-order valence-electron chi connectivity index (χ4n) is 3.21. The second kappa shape index (κ2) is 9.38. The molecule has 0 spiro atoms. The number of anilines is 1. The van der Waals surface area contributed by atoms with E-state index in [9.17, 15) is 18.0 Å². The molecule has 1 aliphatic rings. The van der Waals surface area contributed by atoms with E-state index in [-0.39, 0.29) is 9.77 Å². The molecule has 1 aromatic heterocycles. The lowest BCUT2D eigenvalue weighted by atomic mass is 9.94. The molecule has 0 radical (unpaired) electrons. The number of esters is 1. The summed E-state index contributed by atoms with van der Waals surface area (Å²) in [6, 6.07) is 9.92. The molecule has 8 nitrogen and oxygen atoms in total. The molecule has 0 saturated heterocycles. The molecule has 1 fully saturated rings. The zero-order chi connectivity index (χ0) is 20.9. The predicted octanol–water partition coefficient (Wildman–Crippen LogP) is 3.37. The van der Waals surface area contributed by atoms with Gasteiger partial charge in [0, 0.05) is 18.2 Å². The van der Waals surface area contributed by atoms with Crippen LogP contribution in [0.4, 0.5) is 10.5 Å². The Labute approximate surface area is 173 Å². The molecule has 29 heavy (non-hydrogen) atoms. The molecule has 3 rings (SSSR count). The summed E-state index contributed by atoms with van der Waals surface area (Å²) < 4.78 is 38.2. The van der Waals surface area contributed by atoms with Gasteiger partial charge in [0.2, 0.25) is 10.0 Å². The number of para-hydroxylation sites is 1. The van der Waals surface area contributed by atoms with Gasteiger partial charge in [-0.3, -0.25) is 5.32 Å². The van der Waals surface area contributed by atoms with E-state index in [1.165, 1.54) is 18.6 Å². The molecule has 2 aromatic rings. The van der Waals surface area contributed by atoms with E-state index in [2.05, 4.69) is 14.8 Å². The van der Waals surface area contributed by atoms with Crippen LogP contribution in [-0.4, -0.2) is 39.7 Å². The van der Waals surface area contributed by atoms with Gasteiger partial charge in [0.1, 0.15) is 15.9 Å². The number of thiophene rings is 1. The van der Waals surface area contributed by atoms with Gasteiger partial charge in [-0.2, -0.15) is 0 Å². The van der Waals surface area contributed by atoms with Crippen LogP contribution in [0.3, 0.4) is 0 Å². The van der Waals surface area contributed by atoms with Gasteiger partial charge in [-0.05, 0) is 42.8 Å². The number of ether oxygens (including phenoxy) is 2. The third kappa shape index (κ3) is 5.55. The number of sulfonamides is 1. The standard InChI is InChI=1S/C19H22N2O6S2/c1-26-18(22)17-16(10-11-28-17)29(24,25)21-14-8-5-9-15(12-14)27-19(23)20-13-6-3-2-4-7-13/h2-4,6-7,10-11,14-15,21H,5,8-9,12H2,1H3,(H,20,23)/t14-,15-/m1/s1. The minimum Gasteiger partial charge on any atom is -0.465 e. The zero-order valence-electron chi connectivity index (χ0n) is 15.8. The summed E-state index contributed by atoms with van der Waals surface area (Å²) in [6.45, 7) is 0. The van der Waals surface area contributed by atoms with E-state index < -0.39 is 34.2 Å². The summed E-state index contributed by atoms with van der Waals surface area (Å²) >= 11 is 1.01. The number of methoxy groups -OCH3 is 1. The summed E-state index contributed by atoms with van der Waals surface area (Å²) in [4.78, 5) is 23.8. The molecule has 1 saturated carbocycles. The lowest BCUT2D eigenvalue weighted by Gasteiger charge is -2.29. The first-order valence-corrected chi connectivity index (χ1v) is 11.5. The Morgan fingerprint density at radius 3 is 2.62 bits per heavy atom. The minimum atomic E-state index is -3.90. The second-order valence-electron chi connectivity index (χ2n) is 6.61. The van der Waals surface area contributed by atoms with Gasteiger partial charge in [-0.1, -0.05) is 18.2 Å². The Kier molecular flexibility index (Phi) is 6.88. The average Bonchev–Trinajstić information content (AvgIpc) is 3.19. The number of nitrogens with one attached hydrogen (secondary N) is 2. The van der Waals surface area contributed by atoms with Crippen molar-refractivity contribution >= 4 is 39.1 Å². The van der Waals surface area contributed by atoms with Crippen LogP contribution in [0, 0.1) is 0 Å². The molecule has 2 N–H and O–H groups in total. The van der Waals surface area contributed by atoms with Crippen LogP contribution in [-0.2, 0) is 19.5 Å². The first-order valence-electron chi connectivity index (χ1n) is 9.10. The fourth-order valence-corrected chi connectivity index (χ4v) is 5.83. The maximum atomic E-state index is 12.7. The molecule has 1 heterocycles. The number of amides is 1. The number of carbonyl (C=O) groups is 2. The van der Waals surface area contributed by atoms with Crippen molar-refractivity contribution in [3.8, 4) is 0 Å². The Balaban J connectivity index is 1.60. The highest BCUT2D eigenvalue weighted by Crippen LogP contribution is 2.26. The molecule has 1 amide bonds. The van der Waals surface area contributed by atoms with Crippen molar-refractivity contribution in [3.05, 3.63) is 46.7 Å². The average molecular weight is 439 g/mol. The Morgan fingerprint density at radius 2 is 1.90 bits per heavy atom. The SMILES string of the molecule is COC(=O)c1sccc1S(=O)(=O)N[C@@H]1CCC[C@@H](OC(=O)Nc2ccccc2)C1. The zero-order valence-corrected chi connectivity index (χ0v) is 17.4. The predicted molar refractivity (Wildman–Crippen MR) is 109 cm³/mol. The van der Waals surface area contributed by atoms with Gasteiger partial charge < -0.3 is 9.47 Å². The Hall–Kier alpha value is -2.43. The van der Waals surface area contributed by atoms with Gasteiger partial charge in [0.15, 0.2) is 0 Å². The van der Waals surface area contributed by atoms with Crippen molar-refractivity contribution in [2.45, 2.75) is 42.7 Å². The molecule has 1 aromatic carbocycles. The Bertz CT molecular complexity index is 958. The number of hydrogen-bond acceptors (Lipinski definition) is 7. The molecule has 2 atom stereocenters. The van der Waals surface area contributed by atoms with E-state index in [4.69, 9.17) is 4.74 Å². The molecule has 0 aliphatic heterocycles. The van der Waals surface area contributed by atoms with Crippen molar-refractivity contribution in [1.82, 2.24) is 4.72 Å².